The van der Waals surface area contributed by atoms with Crippen molar-refractivity contribution in [3.8, 4) is 5.75 Å². The topological polar surface area (TPSA) is 205 Å². The fourth-order valence-electron chi connectivity index (χ4n) is 3.33. The van der Waals surface area contributed by atoms with Gasteiger partial charge < -0.3 is 60.4 Å². The van der Waals surface area contributed by atoms with Crippen LogP contribution in [0.3, 0.4) is 0 Å². The van der Waals surface area contributed by atoms with Crippen molar-refractivity contribution < 1.29 is 54.7 Å². The van der Waals surface area contributed by atoms with Crippen molar-refractivity contribution in [2.75, 3.05) is 18.9 Å². The second kappa shape index (κ2) is 9.70. The SMILES string of the molecule is Nc1ccc(O[C@@H]2O[C@H](CO)[C@@H](OC3O[C@H](CO)[C@H](O)[C@H](O)[C@H]3O)[C@H](O)[C@H]2O)cc1. The molecule has 1 unspecified atom stereocenters. The highest BCUT2D eigenvalue weighted by atomic mass is 16.7. The van der Waals surface area contributed by atoms with Gasteiger partial charge in [-0.2, -0.15) is 0 Å². The first-order chi connectivity index (χ1) is 14.3. The lowest BCUT2D eigenvalue weighted by atomic mass is 9.97. The number of rotatable bonds is 6. The highest BCUT2D eigenvalue weighted by Gasteiger charge is 2.51. The summed E-state index contributed by atoms with van der Waals surface area (Å²) in [4.78, 5) is 0. The van der Waals surface area contributed by atoms with Crippen molar-refractivity contribution in [2.24, 2.45) is 0 Å². The number of hydrogen-bond acceptors (Lipinski definition) is 12. The zero-order chi connectivity index (χ0) is 22.0. The molecule has 12 heteroatoms. The summed E-state index contributed by atoms with van der Waals surface area (Å²) in [5.74, 6) is 0.297. The fourth-order valence-corrected chi connectivity index (χ4v) is 3.33. The van der Waals surface area contributed by atoms with Gasteiger partial charge in [0.25, 0.3) is 0 Å². The third kappa shape index (κ3) is 4.68. The van der Waals surface area contributed by atoms with Crippen LogP contribution in [0.2, 0.25) is 0 Å². The number of hydrogen-bond donors (Lipinski definition) is 8. The second-order valence-corrected chi connectivity index (χ2v) is 7.19. The van der Waals surface area contributed by atoms with E-state index in [9.17, 15) is 35.7 Å². The molecule has 0 radical (unpaired) electrons. The van der Waals surface area contributed by atoms with Crippen molar-refractivity contribution in [3.05, 3.63) is 24.3 Å². The number of benzene rings is 1. The largest absolute Gasteiger partial charge is 0.462 e. The number of nitrogen functional groups attached to an aromatic ring is 1. The summed E-state index contributed by atoms with van der Waals surface area (Å²) in [5, 5.41) is 69.7. The lowest BCUT2D eigenvalue weighted by Crippen LogP contribution is -2.65. The molecule has 0 aliphatic carbocycles. The molecule has 2 aliphatic rings. The van der Waals surface area contributed by atoms with Gasteiger partial charge in [-0.15, -0.1) is 0 Å². The summed E-state index contributed by atoms with van der Waals surface area (Å²) in [6.45, 7) is -1.31. The second-order valence-electron chi connectivity index (χ2n) is 7.19. The maximum atomic E-state index is 10.5. The van der Waals surface area contributed by atoms with Gasteiger partial charge in [0.1, 0.15) is 54.6 Å². The molecule has 0 amide bonds. The molecule has 9 N–H and O–H groups in total. The molecule has 0 spiro atoms. The van der Waals surface area contributed by atoms with Gasteiger partial charge >= 0.3 is 0 Å². The molecule has 170 valence electrons. The van der Waals surface area contributed by atoms with Crippen LogP contribution in [-0.2, 0) is 14.2 Å². The van der Waals surface area contributed by atoms with Crippen molar-refractivity contribution in [1.29, 1.82) is 0 Å². The number of anilines is 1. The summed E-state index contributed by atoms with van der Waals surface area (Å²) in [5.41, 5.74) is 6.10. The molecule has 0 bridgehead atoms. The summed E-state index contributed by atoms with van der Waals surface area (Å²) >= 11 is 0. The molecule has 30 heavy (non-hydrogen) atoms. The quantitative estimate of drug-likeness (QED) is 0.204. The molecule has 2 heterocycles. The van der Waals surface area contributed by atoms with Crippen LogP contribution in [-0.4, -0.2) is 110 Å². The van der Waals surface area contributed by atoms with Crippen molar-refractivity contribution >= 4 is 5.69 Å². The van der Waals surface area contributed by atoms with Crippen LogP contribution < -0.4 is 10.5 Å². The molecule has 10 atom stereocenters. The highest BCUT2D eigenvalue weighted by molar-refractivity contribution is 5.41. The number of nitrogens with two attached hydrogens (primary N) is 1. The van der Waals surface area contributed by atoms with Crippen LogP contribution in [0.25, 0.3) is 0 Å². The Kier molecular flexibility index (Phi) is 7.47. The summed E-state index contributed by atoms with van der Waals surface area (Å²) in [7, 11) is 0. The predicted molar refractivity (Wildman–Crippen MR) is 97.9 cm³/mol. The van der Waals surface area contributed by atoms with Crippen LogP contribution in [0.4, 0.5) is 5.69 Å². The van der Waals surface area contributed by atoms with E-state index in [0.29, 0.717) is 11.4 Å². The molecule has 0 saturated carbocycles. The lowest BCUT2D eigenvalue weighted by Gasteiger charge is -2.45. The fraction of sp³-hybridized carbons (Fsp3) is 0.667. The third-order valence-corrected chi connectivity index (χ3v) is 5.09. The zero-order valence-electron chi connectivity index (χ0n) is 15.8. The molecule has 2 aliphatic heterocycles. The molecular weight excluding hydrogens is 406 g/mol. The van der Waals surface area contributed by atoms with Crippen LogP contribution in [0.1, 0.15) is 0 Å². The van der Waals surface area contributed by atoms with Gasteiger partial charge in [-0.05, 0) is 24.3 Å². The summed E-state index contributed by atoms with van der Waals surface area (Å²) < 4.78 is 21.7. The Bertz CT molecular complexity index is 673. The van der Waals surface area contributed by atoms with Gasteiger partial charge in [0.15, 0.2) is 6.29 Å². The molecule has 1 aromatic rings. The predicted octanol–water partition coefficient (Wildman–Crippen LogP) is -3.73. The first kappa shape index (κ1) is 23.1. The number of aliphatic hydroxyl groups is 7. The normalized spacial score (nSPS) is 42.1. The van der Waals surface area contributed by atoms with Crippen LogP contribution in [0, 0.1) is 0 Å². The maximum Gasteiger partial charge on any atom is 0.229 e. The first-order valence-electron chi connectivity index (χ1n) is 9.37. The third-order valence-electron chi connectivity index (χ3n) is 5.09. The monoisotopic (exact) mass is 433 g/mol. The smallest absolute Gasteiger partial charge is 0.229 e. The van der Waals surface area contributed by atoms with E-state index in [2.05, 4.69) is 0 Å². The van der Waals surface area contributed by atoms with E-state index in [0.717, 1.165) is 0 Å². The lowest BCUT2D eigenvalue weighted by molar-refractivity contribution is -0.352. The van der Waals surface area contributed by atoms with Crippen molar-refractivity contribution in [1.82, 2.24) is 0 Å². The Morgan fingerprint density at radius 2 is 1.30 bits per heavy atom. The van der Waals surface area contributed by atoms with Crippen molar-refractivity contribution in [2.45, 2.75) is 61.4 Å². The van der Waals surface area contributed by atoms with E-state index in [4.69, 9.17) is 24.7 Å². The van der Waals surface area contributed by atoms with E-state index < -0.39 is 74.6 Å². The minimum Gasteiger partial charge on any atom is -0.462 e. The Balaban J connectivity index is 1.71. The van der Waals surface area contributed by atoms with Gasteiger partial charge in [-0.1, -0.05) is 0 Å². The minimum atomic E-state index is -1.73. The molecule has 12 nitrogen and oxygen atoms in total. The van der Waals surface area contributed by atoms with Gasteiger partial charge in [-0.3, -0.25) is 0 Å². The summed E-state index contributed by atoms with van der Waals surface area (Å²) in [6.07, 6.45) is -15.0. The highest BCUT2D eigenvalue weighted by Crippen LogP contribution is 2.30. The van der Waals surface area contributed by atoms with Gasteiger partial charge in [0, 0.05) is 5.69 Å². The van der Waals surface area contributed by atoms with Gasteiger partial charge in [0.05, 0.1) is 13.2 Å². The Morgan fingerprint density at radius 1 is 0.733 bits per heavy atom. The summed E-state index contributed by atoms with van der Waals surface area (Å²) in [6, 6.07) is 6.19. The van der Waals surface area contributed by atoms with E-state index in [1.807, 2.05) is 0 Å². The van der Waals surface area contributed by atoms with Gasteiger partial charge in [0.2, 0.25) is 6.29 Å². The van der Waals surface area contributed by atoms with E-state index in [-0.39, 0.29) is 0 Å². The molecule has 2 fully saturated rings. The average molecular weight is 433 g/mol. The first-order valence-corrected chi connectivity index (χ1v) is 9.37. The average Bonchev–Trinajstić information content (AvgIpc) is 2.74. The number of ether oxygens (including phenoxy) is 4. The molecule has 2 saturated heterocycles. The number of aliphatic hydroxyl groups excluding tert-OH is 7. The zero-order valence-corrected chi connectivity index (χ0v) is 15.8. The van der Waals surface area contributed by atoms with Crippen LogP contribution in [0.5, 0.6) is 5.75 Å². The molecule has 1 aromatic carbocycles. The van der Waals surface area contributed by atoms with Crippen LogP contribution >= 0.6 is 0 Å². The van der Waals surface area contributed by atoms with E-state index >= 15 is 0 Å². The standard InChI is InChI=1S/C18H27NO11/c19-7-1-3-8(4-2-7)27-17-15(26)13(24)16(10(6-21)29-17)30-18-14(25)12(23)11(22)9(5-20)28-18/h1-4,9-18,20-26H,5-6,19H2/t9-,10-,11+,12+,13-,14-,15-,16-,17-,18?/m1/s1. The molecule has 0 aromatic heterocycles. The van der Waals surface area contributed by atoms with Gasteiger partial charge in [-0.25, -0.2) is 0 Å². The van der Waals surface area contributed by atoms with E-state index in [1.54, 1.807) is 12.1 Å². The van der Waals surface area contributed by atoms with E-state index in [1.165, 1.54) is 12.1 Å². The van der Waals surface area contributed by atoms with Crippen LogP contribution in [0.15, 0.2) is 24.3 Å². The van der Waals surface area contributed by atoms with Crippen molar-refractivity contribution in [3.63, 3.8) is 0 Å². The molecule has 3 rings (SSSR count). The maximum absolute atomic E-state index is 10.5. The Morgan fingerprint density at radius 3 is 1.90 bits per heavy atom. The minimum absolute atomic E-state index is 0.297. The Labute approximate surface area is 171 Å². The molecular formula is C18H27NO11. The Hall–Kier alpha value is -1.58.